The maximum absolute atomic E-state index is 12.0. The molecule has 1 heterocycles. The van der Waals surface area contributed by atoms with Gasteiger partial charge in [0, 0.05) is 13.1 Å². The fourth-order valence-electron chi connectivity index (χ4n) is 2.00. The fraction of sp³-hybridized carbons (Fsp3) is 0.909. The summed E-state index contributed by atoms with van der Waals surface area (Å²) in [5, 5.41) is 3.26. The Hall–Kier alpha value is -0.220. The molecule has 0 bridgehead atoms. The number of piperidine rings is 1. The smallest absolute Gasteiger partial charge is 0.239 e. The van der Waals surface area contributed by atoms with E-state index in [0.717, 1.165) is 44.6 Å². The molecule has 0 aromatic carbocycles. The molecule has 15 heavy (non-hydrogen) atoms. The standard InChI is InChI=1S/C11H22N2OS/c1-3-12-10-6-4-7-13(11(10)14)8-5-9-15-2/h10,12H,3-9H2,1-2H3. The molecular weight excluding hydrogens is 208 g/mol. The lowest BCUT2D eigenvalue weighted by Gasteiger charge is -2.32. The van der Waals surface area contributed by atoms with Gasteiger partial charge in [-0.25, -0.2) is 0 Å². The molecule has 1 atom stereocenters. The number of thioether (sulfide) groups is 1. The minimum atomic E-state index is 0.0815. The van der Waals surface area contributed by atoms with Crippen molar-refractivity contribution in [2.45, 2.75) is 32.2 Å². The number of carbonyl (C=O) groups excluding carboxylic acids is 1. The lowest BCUT2D eigenvalue weighted by Crippen LogP contribution is -2.50. The molecule has 1 N–H and O–H groups in total. The fourth-order valence-corrected chi connectivity index (χ4v) is 2.42. The van der Waals surface area contributed by atoms with Crippen molar-refractivity contribution in [3.63, 3.8) is 0 Å². The summed E-state index contributed by atoms with van der Waals surface area (Å²) in [5.41, 5.74) is 0. The summed E-state index contributed by atoms with van der Waals surface area (Å²) >= 11 is 1.85. The summed E-state index contributed by atoms with van der Waals surface area (Å²) in [7, 11) is 0. The van der Waals surface area contributed by atoms with Gasteiger partial charge >= 0.3 is 0 Å². The highest BCUT2D eigenvalue weighted by Gasteiger charge is 2.27. The Kier molecular flexibility index (Phi) is 6.10. The van der Waals surface area contributed by atoms with E-state index < -0.39 is 0 Å². The number of rotatable bonds is 6. The van der Waals surface area contributed by atoms with E-state index in [-0.39, 0.29) is 6.04 Å². The molecule has 0 radical (unpaired) electrons. The lowest BCUT2D eigenvalue weighted by molar-refractivity contribution is -0.135. The molecule has 0 aromatic heterocycles. The number of hydrogen-bond donors (Lipinski definition) is 1. The Labute approximate surface area is 97.0 Å². The molecule has 1 amide bonds. The van der Waals surface area contributed by atoms with Crippen LogP contribution in [-0.2, 0) is 4.79 Å². The van der Waals surface area contributed by atoms with Crippen LogP contribution in [0.4, 0.5) is 0 Å². The monoisotopic (exact) mass is 230 g/mol. The van der Waals surface area contributed by atoms with E-state index in [0.29, 0.717) is 5.91 Å². The van der Waals surface area contributed by atoms with Gasteiger partial charge in [-0.15, -0.1) is 0 Å². The Balaban J connectivity index is 2.33. The third-order valence-electron chi connectivity index (χ3n) is 2.76. The number of likely N-dealkylation sites (N-methyl/N-ethyl adjacent to an activating group) is 1. The van der Waals surface area contributed by atoms with Crippen molar-refractivity contribution in [3.05, 3.63) is 0 Å². The minimum Gasteiger partial charge on any atom is -0.341 e. The van der Waals surface area contributed by atoms with Gasteiger partial charge in [0.15, 0.2) is 0 Å². The van der Waals surface area contributed by atoms with Crippen molar-refractivity contribution in [2.24, 2.45) is 0 Å². The van der Waals surface area contributed by atoms with Gasteiger partial charge in [0.05, 0.1) is 6.04 Å². The van der Waals surface area contributed by atoms with E-state index in [1.54, 1.807) is 0 Å². The summed E-state index contributed by atoms with van der Waals surface area (Å²) in [6.45, 7) is 4.83. The van der Waals surface area contributed by atoms with E-state index in [1.807, 2.05) is 16.7 Å². The molecule has 1 aliphatic rings. The molecule has 0 spiro atoms. The van der Waals surface area contributed by atoms with Crippen LogP contribution in [0.5, 0.6) is 0 Å². The second-order valence-electron chi connectivity index (χ2n) is 3.92. The van der Waals surface area contributed by atoms with Crippen molar-refractivity contribution in [3.8, 4) is 0 Å². The predicted octanol–water partition coefficient (Wildman–Crippen LogP) is 1.34. The van der Waals surface area contributed by atoms with Crippen LogP contribution >= 0.6 is 11.8 Å². The van der Waals surface area contributed by atoms with Crippen LogP contribution < -0.4 is 5.32 Å². The highest BCUT2D eigenvalue weighted by atomic mass is 32.2. The van der Waals surface area contributed by atoms with Crippen molar-refractivity contribution >= 4 is 17.7 Å². The van der Waals surface area contributed by atoms with E-state index in [2.05, 4.69) is 18.5 Å². The van der Waals surface area contributed by atoms with Crippen LogP contribution in [0.25, 0.3) is 0 Å². The van der Waals surface area contributed by atoms with Gasteiger partial charge < -0.3 is 10.2 Å². The van der Waals surface area contributed by atoms with Crippen LogP contribution in [0.15, 0.2) is 0 Å². The largest absolute Gasteiger partial charge is 0.341 e. The van der Waals surface area contributed by atoms with Gasteiger partial charge in [-0.1, -0.05) is 6.92 Å². The maximum Gasteiger partial charge on any atom is 0.239 e. The van der Waals surface area contributed by atoms with E-state index in [4.69, 9.17) is 0 Å². The third-order valence-corrected chi connectivity index (χ3v) is 3.45. The minimum absolute atomic E-state index is 0.0815. The summed E-state index contributed by atoms with van der Waals surface area (Å²) in [6.07, 6.45) is 5.37. The van der Waals surface area contributed by atoms with Crippen LogP contribution in [0.2, 0.25) is 0 Å². The molecule has 1 fully saturated rings. The van der Waals surface area contributed by atoms with E-state index in [1.165, 1.54) is 0 Å². The second-order valence-corrected chi connectivity index (χ2v) is 4.91. The van der Waals surface area contributed by atoms with Crippen molar-refractivity contribution in [1.82, 2.24) is 10.2 Å². The molecule has 4 heteroatoms. The number of amides is 1. The molecule has 1 rings (SSSR count). The first-order valence-corrected chi connectivity index (χ1v) is 7.20. The summed E-state index contributed by atoms with van der Waals surface area (Å²) in [5.74, 6) is 1.46. The first kappa shape index (κ1) is 12.8. The highest BCUT2D eigenvalue weighted by Crippen LogP contribution is 2.12. The Morgan fingerprint density at radius 2 is 2.40 bits per heavy atom. The molecule has 0 aromatic rings. The number of hydrogen-bond acceptors (Lipinski definition) is 3. The highest BCUT2D eigenvalue weighted by molar-refractivity contribution is 7.98. The van der Waals surface area contributed by atoms with Crippen LogP contribution in [-0.4, -0.2) is 48.5 Å². The topological polar surface area (TPSA) is 32.3 Å². The molecule has 1 aliphatic heterocycles. The first-order chi connectivity index (χ1) is 7.29. The average molecular weight is 230 g/mol. The zero-order valence-electron chi connectivity index (χ0n) is 9.79. The second kappa shape index (κ2) is 7.12. The molecule has 88 valence electrons. The van der Waals surface area contributed by atoms with Crippen molar-refractivity contribution in [2.75, 3.05) is 31.6 Å². The SMILES string of the molecule is CCNC1CCCN(CCCSC)C1=O. The van der Waals surface area contributed by atoms with Crippen LogP contribution in [0.1, 0.15) is 26.2 Å². The normalized spacial score (nSPS) is 22.1. The quantitative estimate of drug-likeness (QED) is 0.699. The Morgan fingerprint density at radius 3 is 3.07 bits per heavy atom. The van der Waals surface area contributed by atoms with Gasteiger partial charge in [-0.2, -0.15) is 11.8 Å². The van der Waals surface area contributed by atoms with E-state index in [9.17, 15) is 4.79 Å². The van der Waals surface area contributed by atoms with Crippen LogP contribution in [0, 0.1) is 0 Å². The molecule has 0 saturated carbocycles. The molecule has 3 nitrogen and oxygen atoms in total. The van der Waals surface area contributed by atoms with Gasteiger partial charge in [0.1, 0.15) is 0 Å². The maximum atomic E-state index is 12.0. The van der Waals surface area contributed by atoms with Crippen LogP contribution in [0.3, 0.4) is 0 Å². The van der Waals surface area contributed by atoms with Gasteiger partial charge in [0.25, 0.3) is 0 Å². The predicted molar refractivity (Wildman–Crippen MR) is 66.3 cm³/mol. The van der Waals surface area contributed by atoms with Gasteiger partial charge in [0.2, 0.25) is 5.91 Å². The first-order valence-electron chi connectivity index (χ1n) is 5.80. The summed E-state index contributed by atoms with van der Waals surface area (Å²) in [4.78, 5) is 14.0. The van der Waals surface area contributed by atoms with Crippen molar-refractivity contribution < 1.29 is 4.79 Å². The molecule has 1 saturated heterocycles. The number of carbonyl (C=O) groups is 1. The van der Waals surface area contributed by atoms with E-state index >= 15 is 0 Å². The molecular formula is C11H22N2OS. The molecule has 0 aliphatic carbocycles. The lowest BCUT2D eigenvalue weighted by atomic mass is 10.0. The summed E-state index contributed by atoms with van der Waals surface area (Å²) < 4.78 is 0. The number of likely N-dealkylation sites (tertiary alicyclic amines) is 1. The Morgan fingerprint density at radius 1 is 1.60 bits per heavy atom. The van der Waals surface area contributed by atoms with Gasteiger partial charge in [-0.05, 0) is 37.8 Å². The average Bonchev–Trinajstić information content (AvgIpc) is 2.24. The summed E-state index contributed by atoms with van der Waals surface area (Å²) in [6, 6.07) is 0.0815. The van der Waals surface area contributed by atoms with Gasteiger partial charge in [-0.3, -0.25) is 4.79 Å². The van der Waals surface area contributed by atoms with Crippen molar-refractivity contribution in [1.29, 1.82) is 0 Å². The zero-order chi connectivity index (χ0) is 11.1. The number of nitrogens with zero attached hydrogens (tertiary/aromatic N) is 1. The number of nitrogens with one attached hydrogen (secondary N) is 1. The Bertz CT molecular complexity index is 197. The third kappa shape index (κ3) is 4.03. The zero-order valence-corrected chi connectivity index (χ0v) is 10.6. The molecule has 1 unspecified atom stereocenters.